The van der Waals surface area contributed by atoms with Crippen molar-refractivity contribution in [3.63, 3.8) is 0 Å². The molecule has 160 valence electrons. The second-order valence-corrected chi connectivity index (χ2v) is 9.64. The van der Waals surface area contributed by atoms with Crippen molar-refractivity contribution in [2.24, 2.45) is 0 Å². The highest BCUT2D eigenvalue weighted by Crippen LogP contribution is 2.27. The van der Waals surface area contributed by atoms with Gasteiger partial charge in [0.05, 0.1) is 24.0 Å². The Hall–Kier alpha value is -2.33. The molecule has 0 saturated heterocycles. The first-order chi connectivity index (χ1) is 14.4. The van der Waals surface area contributed by atoms with Crippen molar-refractivity contribution in [2.75, 3.05) is 20.8 Å². The summed E-state index contributed by atoms with van der Waals surface area (Å²) < 4.78 is 44.2. The van der Waals surface area contributed by atoms with Gasteiger partial charge in [0.1, 0.15) is 12.4 Å². The molecule has 0 aliphatic heterocycles. The Morgan fingerprint density at radius 2 is 1.80 bits per heavy atom. The molecule has 0 bridgehead atoms. The van der Waals surface area contributed by atoms with Gasteiger partial charge >= 0.3 is 0 Å². The number of sulfonamides is 1. The first-order valence-electron chi connectivity index (χ1n) is 8.95. The molecule has 0 aliphatic carbocycles. The Morgan fingerprint density at radius 3 is 2.43 bits per heavy atom. The molecule has 0 aliphatic rings. The first-order valence-corrected chi connectivity index (χ1v) is 11.6. The minimum absolute atomic E-state index is 0.169. The van der Waals surface area contributed by atoms with Crippen molar-refractivity contribution in [3.8, 4) is 17.2 Å². The lowest BCUT2D eigenvalue weighted by atomic mass is 10.1. The lowest BCUT2D eigenvalue weighted by molar-refractivity contribution is 0.309. The van der Waals surface area contributed by atoms with E-state index in [4.69, 9.17) is 25.8 Å². The average Bonchev–Trinajstić information content (AvgIpc) is 3.17. The molecule has 0 unspecified atom stereocenters. The lowest BCUT2D eigenvalue weighted by Gasteiger charge is -2.11. The van der Waals surface area contributed by atoms with Crippen LogP contribution in [-0.2, 0) is 23.1 Å². The summed E-state index contributed by atoms with van der Waals surface area (Å²) in [4.78, 5) is 5.00. The minimum atomic E-state index is -3.63. The topological polar surface area (TPSA) is 86.8 Å². The zero-order chi connectivity index (χ0) is 21.6. The maximum Gasteiger partial charge on any atom is 0.240 e. The Morgan fingerprint density at radius 1 is 1.07 bits per heavy atom. The van der Waals surface area contributed by atoms with Crippen LogP contribution >= 0.6 is 22.9 Å². The van der Waals surface area contributed by atoms with Crippen LogP contribution < -0.4 is 18.9 Å². The Kier molecular flexibility index (Phi) is 7.54. The zero-order valence-corrected chi connectivity index (χ0v) is 18.8. The monoisotopic (exact) mass is 468 g/mol. The Labute approximate surface area is 184 Å². The van der Waals surface area contributed by atoms with E-state index < -0.39 is 10.0 Å². The van der Waals surface area contributed by atoms with Gasteiger partial charge in [-0.15, -0.1) is 11.3 Å². The molecular weight excluding hydrogens is 448 g/mol. The van der Waals surface area contributed by atoms with Crippen LogP contribution in [0.5, 0.6) is 17.2 Å². The predicted octanol–water partition coefficient (Wildman–Crippen LogP) is 3.91. The summed E-state index contributed by atoms with van der Waals surface area (Å²) in [6, 6.07) is 11.7. The fourth-order valence-electron chi connectivity index (χ4n) is 2.67. The second kappa shape index (κ2) is 10.1. The van der Waals surface area contributed by atoms with Gasteiger partial charge in [0.15, 0.2) is 16.0 Å². The number of benzene rings is 2. The number of nitrogens with one attached hydrogen (secondary N) is 1. The zero-order valence-electron chi connectivity index (χ0n) is 16.4. The van der Waals surface area contributed by atoms with Gasteiger partial charge in [0.25, 0.3) is 0 Å². The highest BCUT2D eigenvalue weighted by Gasteiger charge is 2.14. The van der Waals surface area contributed by atoms with Gasteiger partial charge in [-0.1, -0.05) is 17.7 Å². The third-order valence-corrected chi connectivity index (χ3v) is 6.76. The molecule has 10 heteroatoms. The number of rotatable bonds is 10. The van der Waals surface area contributed by atoms with Crippen LogP contribution in [0.1, 0.15) is 10.4 Å². The van der Waals surface area contributed by atoms with E-state index in [1.807, 2.05) is 12.1 Å². The summed E-state index contributed by atoms with van der Waals surface area (Å²) in [5.41, 5.74) is 0.933. The molecule has 30 heavy (non-hydrogen) atoms. The fourth-order valence-corrected chi connectivity index (χ4v) is 4.59. The van der Waals surface area contributed by atoms with Crippen LogP contribution in [-0.4, -0.2) is 34.2 Å². The van der Waals surface area contributed by atoms with Crippen LogP contribution in [0, 0.1) is 0 Å². The van der Waals surface area contributed by atoms with Crippen LogP contribution in [0.15, 0.2) is 53.6 Å². The summed E-state index contributed by atoms with van der Waals surface area (Å²) in [6.07, 6.45) is 2.16. The van der Waals surface area contributed by atoms with E-state index in [1.54, 1.807) is 38.6 Å². The molecule has 7 nitrogen and oxygen atoms in total. The normalized spacial score (nSPS) is 11.3. The SMILES string of the molecule is COc1ccc(CCNS(=O)(=O)c2ccc(OCc3cnc(Cl)s3)cc2)cc1OC. The standard InChI is InChI=1S/C20H21ClN2O5S2/c1-26-18-8-3-14(11-19(18)27-2)9-10-23-30(24,25)17-6-4-15(5-7-17)28-13-16-12-22-20(21)29-16/h3-8,11-12,23H,9-10,13H2,1-2H3. The summed E-state index contributed by atoms with van der Waals surface area (Å²) in [7, 11) is -0.500. The quantitative estimate of drug-likeness (QED) is 0.485. The van der Waals surface area contributed by atoms with Crippen molar-refractivity contribution < 1.29 is 22.6 Å². The third-order valence-electron chi connectivity index (χ3n) is 4.19. The number of ether oxygens (including phenoxy) is 3. The lowest BCUT2D eigenvalue weighted by Crippen LogP contribution is -2.26. The molecule has 0 atom stereocenters. The van der Waals surface area contributed by atoms with Crippen LogP contribution in [0.25, 0.3) is 0 Å². The molecule has 3 aromatic rings. The summed E-state index contributed by atoms with van der Waals surface area (Å²) in [5, 5.41) is 0. The molecule has 2 aromatic carbocycles. The molecule has 0 spiro atoms. The van der Waals surface area contributed by atoms with E-state index in [2.05, 4.69) is 9.71 Å². The number of methoxy groups -OCH3 is 2. The number of hydrogen-bond acceptors (Lipinski definition) is 7. The fraction of sp³-hybridized carbons (Fsp3) is 0.250. The number of thiazole rings is 1. The van der Waals surface area contributed by atoms with Gasteiger partial charge in [-0.25, -0.2) is 18.1 Å². The van der Waals surface area contributed by atoms with Gasteiger partial charge in [0.2, 0.25) is 10.0 Å². The summed E-state index contributed by atoms with van der Waals surface area (Å²) >= 11 is 7.12. The molecule has 1 heterocycles. The van der Waals surface area contributed by atoms with Crippen LogP contribution in [0.4, 0.5) is 0 Å². The van der Waals surface area contributed by atoms with E-state index in [-0.39, 0.29) is 11.4 Å². The molecule has 0 fully saturated rings. The Balaban J connectivity index is 1.55. The van der Waals surface area contributed by atoms with Crippen LogP contribution in [0.3, 0.4) is 0 Å². The van der Waals surface area contributed by atoms with Crippen molar-refractivity contribution in [3.05, 3.63) is 63.6 Å². The average molecular weight is 469 g/mol. The van der Waals surface area contributed by atoms with Crippen molar-refractivity contribution in [1.29, 1.82) is 0 Å². The number of aromatic nitrogens is 1. The largest absolute Gasteiger partial charge is 0.493 e. The minimum Gasteiger partial charge on any atom is -0.493 e. The van der Waals surface area contributed by atoms with E-state index in [0.717, 1.165) is 10.4 Å². The molecule has 1 aromatic heterocycles. The molecular formula is C20H21ClN2O5S2. The van der Waals surface area contributed by atoms with Gasteiger partial charge in [-0.2, -0.15) is 0 Å². The van der Waals surface area contributed by atoms with Crippen molar-refractivity contribution >= 4 is 33.0 Å². The molecule has 3 rings (SSSR count). The van der Waals surface area contributed by atoms with Crippen LogP contribution in [0.2, 0.25) is 4.47 Å². The van der Waals surface area contributed by atoms with Crippen molar-refractivity contribution in [1.82, 2.24) is 9.71 Å². The highest BCUT2D eigenvalue weighted by atomic mass is 35.5. The summed E-state index contributed by atoms with van der Waals surface area (Å²) in [5.74, 6) is 1.79. The van der Waals surface area contributed by atoms with E-state index in [1.165, 1.54) is 23.5 Å². The number of hydrogen-bond donors (Lipinski definition) is 1. The van der Waals surface area contributed by atoms with Gasteiger partial charge in [-0.05, 0) is 48.4 Å². The van der Waals surface area contributed by atoms with Gasteiger partial charge < -0.3 is 14.2 Å². The number of nitrogens with zero attached hydrogens (tertiary/aromatic N) is 1. The molecule has 1 N–H and O–H groups in total. The molecule has 0 amide bonds. The highest BCUT2D eigenvalue weighted by molar-refractivity contribution is 7.89. The molecule has 0 radical (unpaired) electrons. The third kappa shape index (κ3) is 5.85. The maximum atomic E-state index is 12.5. The van der Waals surface area contributed by atoms with E-state index >= 15 is 0 Å². The van der Waals surface area contributed by atoms with E-state index in [0.29, 0.717) is 34.7 Å². The Bertz CT molecular complexity index is 1080. The smallest absolute Gasteiger partial charge is 0.240 e. The van der Waals surface area contributed by atoms with Gasteiger partial charge in [-0.3, -0.25) is 0 Å². The number of halogens is 1. The second-order valence-electron chi connectivity index (χ2n) is 6.18. The first kappa shape index (κ1) is 22.4. The summed E-state index contributed by atoms with van der Waals surface area (Å²) in [6.45, 7) is 0.572. The molecule has 0 saturated carbocycles. The van der Waals surface area contributed by atoms with Crippen molar-refractivity contribution in [2.45, 2.75) is 17.9 Å². The van der Waals surface area contributed by atoms with E-state index in [9.17, 15) is 8.42 Å². The predicted molar refractivity (Wildman–Crippen MR) is 116 cm³/mol. The van der Waals surface area contributed by atoms with Gasteiger partial charge in [0, 0.05) is 12.7 Å². The maximum absolute atomic E-state index is 12.5.